The molecule has 0 fully saturated rings. The minimum atomic E-state index is -1.09. The lowest BCUT2D eigenvalue weighted by Gasteiger charge is -2.08. The Kier molecular flexibility index (Phi) is 6.70. The second-order valence-corrected chi connectivity index (χ2v) is 7.40. The topological polar surface area (TPSA) is 122 Å². The number of hydrogen-bond acceptors (Lipinski definition) is 8. The minimum absolute atomic E-state index is 0.0691. The average Bonchev–Trinajstić information content (AvgIpc) is 3.15. The molecule has 9 heteroatoms. The predicted octanol–water partition coefficient (Wildman–Crippen LogP) is 2.99. The van der Waals surface area contributed by atoms with E-state index in [0.717, 1.165) is 0 Å². The van der Waals surface area contributed by atoms with Crippen LogP contribution in [0.1, 0.15) is 62.6 Å². The van der Waals surface area contributed by atoms with E-state index in [2.05, 4.69) is 9.97 Å². The summed E-state index contributed by atoms with van der Waals surface area (Å²) in [5, 5.41) is 11.4. The summed E-state index contributed by atoms with van der Waals surface area (Å²) in [4.78, 5) is 43.8. The molecule has 0 aliphatic carbocycles. The number of nitriles is 1. The maximum absolute atomic E-state index is 12.4. The van der Waals surface area contributed by atoms with E-state index in [9.17, 15) is 19.6 Å². The second-order valence-electron chi connectivity index (χ2n) is 6.51. The van der Waals surface area contributed by atoms with Crippen LogP contribution in [0.15, 0.2) is 5.38 Å². The van der Waals surface area contributed by atoms with Crippen LogP contribution in [0.3, 0.4) is 0 Å². The van der Waals surface area contributed by atoms with Crippen LogP contribution in [0.25, 0.3) is 0 Å². The lowest BCUT2D eigenvalue weighted by molar-refractivity contribution is -0.122. The predicted molar refractivity (Wildman–Crippen MR) is 101 cm³/mol. The minimum Gasteiger partial charge on any atom is -0.459 e. The van der Waals surface area contributed by atoms with Gasteiger partial charge in [-0.15, -0.1) is 11.3 Å². The SMILES string of the molecule is Cc1csc([C@H](C#N)C(=O)COC(=O)c2[nH]c(C)c(C(=O)OC(C)C)c2C)n1. The molecule has 2 aromatic heterocycles. The first-order valence-electron chi connectivity index (χ1n) is 8.57. The van der Waals surface area contributed by atoms with E-state index in [-0.39, 0.29) is 17.4 Å². The number of thiazole rings is 1. The van der Waals surface area contributed by atoms with Crippen molar-refractivity contribution in [1.82, 2.24) is 9.97 Å². The molecule has 2 heterocycles. The van der Waals surface area contributed by atoms with E-state index in [1.165, 1.54) is 11.3 Å². The number of ketones is 1. The smallest absolute Gasteiger partial charge is 0.355 e. The molecule has 0 spiro atoms. The van der Waals surface area contributed by atoms with Crippen molar-refractivity contribution < 1.29 is 23.9 Å². The maximum atomic E-state index is 12.4. The second kappa shape index (κ2) is 8.80. The Morgan fingerprint density at radius 1 is 1.25 bits per heavy atom. The van der Waals surface area contributed by atoms with E-state index < -0.39 is 30.2 Å². The molecule has 1 atom stereocenters. The van der Waals surface area contributed by atoms with Crippen LogP contribution in [0.5, 0.6) is 0 Å². The zero-order chi connectivity index (χ0) is 21.0. The molecule has 0 saturated carbocycles. The summed E-state index contributed by atoms with van der Waals surface area (Å²) >= 11 is 1.20. The van der Waals surface area contributed by atoms with Gasteiger partial charge in [-0.05, 0) is 40.2 Å². The van der Waals surface area contributed by atoms with Gasteiger partial charge >= 0.3 is 11.9 Å². The molecule has 148 valence electrons. The summed E-state index contributed by atoms with van der Waals surface area (Å²) in [7, 11) is 0. The third-order valence-electron chi connectivity index (χ3n) is 3.87. The molecule has 0 radical (unpaired) electrons. The van der Waals surface area contributed by atoms with E-state index in [1.54, 1.807) is 40.0 Å². The van der Waals surface area contributed by atoms with Gasteiger partial charge in [0.1, 0.15) is 10.7 Å². The van der Waals surface area contributed by atoms with Gasteiger partial charge in [0.25, 0.3) is 0 Å². The molecule has 0 bridgehead atoms. The number of esters is 2. The Bertz CT molecular complexity index is 951. The highest BCUT2D eigenvalue weighted by atomic mass is 32.1. The monoisotopic (exact) mass is 403 g/mol. The number of ether oxygens (including phenoxy) is 2. The van der Waals surface area contributed by atoms with Crippen molar-refractivity contribution in [2.45, 2.75) is 46.6 Å². The van der Waals surface area contributed by atoms with Gasteiger partial charge in [-0.2, -0.15) is 5.26 Å². The Labute approximate surface area is 166 Å². The fourth-order valence-electron chi connectivity index (χ4n) is 2.60. The van der Waals surface area contributed by atoms with E-state index in [1.807, 2.05) is 6.07 Å². The zero-order valence-electron chi connectivity index (χ0n) is 16.3. The van der Waals surface area contributed by atoms with E-state index in [0.29, 0.717) is 22.0 Å². The number of rotatable bonds is 7. The highest BCUT2D eigenvalue weighted by Gasteiger charge is 2.27. The molecule has 2 aromatic rings. The maximum Gasteiger partial charge on any atom is 0.355 e. The first kappa shape index (κ1) is 21.3. The summed E-state index contributed by atoms with van der Waals surface area (Å²) in [6, 6.07) is 1.89. The number of carbonyl (C=O) groups excluding carboxylic acids is 3. The molecule has 0 amide bonds. The quantitative estimate of drug-likeness (QED) is 0.705. The molecule has 1 N–H and O–H groups in total. The molecular weight excluding hydrogens is 382 g/mol. The first-order chi connectivity index (χ1) is 13.1. The van der Waals surface area contributed by atoms with Gasteiger partial charge in [0.2, 0.25) is 0 Å². The van der Waals surface area contributed by atoms with Crippen molar-refractivity contribution >= 4 is 29.1 Å². The van der Waals surface area contributed by atoms with Crippen LogP contribution < -0.4 is 0 Å². The van der Waals surface area contributed by atoms with Crippen molar-refractivity contribution in [1.29, 1.82) is 5.26 Å². The summed E-state index contributed by atoms with van der Waals surface area (Å²) in [5.41, 5.74) is 1.89. The lowest BCUT2D eigenvalue weighted by atomic mass is 10.1. The molecule has 0 unspecified atom stereocenters. The van der Waals surface area contributed by atoms with Gasteiger partial charge in [0.15, 0.2) is 18.3 Å². The number of aromatic amines is 1. The molecule has 0 aliphatic rings. The molecule has 0 saturated heterocycles. The highest BCUT2D eigenvalue weighted by molar-refractivity contribution is 7.09. The number of nitrogens with one attached hydrogen (secondary N) is 1. The molecule has 2 rings (SSSR count). The van der Waals surface area contributed by atoms with Crippen molar-refractivity contribution in [3.8, 4) is 6.07 Å². The highest BCUT2D eigenvalue weighted by Crippen LogP contribution is 2.22. The fourth-order valence-corrected chi connectivity index (χ4v) is 3.46. The van der Waals surface area contributed by atoms with Crippen molar-refractivity contribution in [2.24, 2.45) is 0 Å². The summed E-state index contributed by atoms with van der Waals surface area (Å²) in [6.07, 6.45) is -0.299. The number of aromatic nitrogens is 2. The van der Waals surface area contributed by atoms with Gasteiger partial charge in [-0.3, -0.25) is 4.79 Å². The number of hydrogen-bond donors (Lipinski definition) is 1. The Hall–Kier alpha value is -2.99. The normalized spacial score (nSPS) is 11.8. The Morgan fingerprint density at radius 2 is 1.93 bits per heavy atom. The van der Waals surface area contributed by atoms with Crippen LogP contribution in [0, 0.1) is 32.1 Å². The number of aryl methyl sites for hydroxylation is 2. The largest absolute Gasteiger partial charge is 0.459 e. The third kappa shape index (κ3) is 4.64. The van der Waals surface area contributed by atoms with Crippen LogP contribution in [-0.4, -0.2) is 40.4 Å². The van der Waals surface area contributed by atoms with Crippen LogP contribution >= 0.6 is 11.3 Å². The van der Waals surface area contributed by atoms with Crippen LogP contribution in [0.4, 0.5) is 0 Å². The van der Waals surface area contributed by atoms with Crippen molar-refractivity contribution in [3.05, 3.63) is 38.6 Å². The van der Waals surface area contributed by atoms with Gasteiger partial charge < -0.3 is 14.5 Å². The number of Topliss-reactive ketones (excluding diaryl/α,β-unsaturated/α-hetero) is 1. The average molecular weight is 403 g/mol. The molecular formula is C19H21N3O5S. The van der Waals surface area contributed by atoms with Gasteiger partial charge in [-0.25, -0.2) is 14.6 Å². The summed E-state index contributed by atoms with van der Waals surface area (Å²) in [6.45, 7) is 7.88. The molecule has 0 aliphatic heterocycles. The van der Waals surface area contributed by atoms with Gasteiger partial charge in [-0.1, -0.05) is 0 Å². The zero-order valence-corrected chi connectivity index (χ0v) is 17.1. The van der Waals surface area contributed by atoms with E-state index in [4.69, 9.17) is 9.47 Å². The standard InChI is InChI=1S/C19H21N3O5S/c1-9(2)27-18(24)15-11(4)16(22-12(15)5)19(25)26-7-14(23)13(6-20)17-21-10(3)8-28-17/h8-9,13,22H,7H2,1-5H3/t13-/m1/s1. The van der Waals surface area contributed by atoms with Gasteiger partial charge in [0, 0.05) is 16.8 Å². The summed E-state index contributed by atoms with van der Waals surface area (Å²) in [5.74, 6) is -2.98. The van der Waals surface area contributed by atoms with Crippen molar-refractivity contribution in [2.75, 3.05) is 6.61 Å². The number of nitrogens with zero attached hydrogens (tertiary/aromatic N) is 2. The van der Waals surface area contributed by atoms with Gasteiger partial charge in [0.05, 0.1) is 17.7 Å². The number of carbonyl (C=O) groups is 3. The summed E-state index contributed by atoms with van der Waals surface area (Å²) < 4.78 is 10.2. The molecule has 28 heavy (non-hydrogen) atoms. The fraction of sp³-hybridized carbons (Fsp3) is 0.421. The molecule has 0 aromatic carbocycles. The third-order valence-corrected chi connectivity index (χ3v) is 4.90. The number of H-pyrrole nitrogens is 1. The Balaban J connectivity index is 2.10. The van der Waals surface area contributed by atoms with Crippen molar-refractivity contribution in [3.63, 3.8) is 0 Å². The first-order valence-corrected chi connectivity index (χ1v) is 9.45. The van der Waals surface area contributed by atoms with Crippen LogP contribution in [0.2, 0.25) is 0 Å². The molecule has 8 nitrogen and oxygen atoms in total. The lowest BCUT2D eigenvalue weighted by Crippen LogP contribution is -2.20. The Morgan fingerprint density at radius 3 is 2.46 bits per heavy atom. The van der Waals surface area contributed by atoms with Crippen LogP contribution in [-0.2, 0) is 14.3 Å². The van der Waals surface area contributed by atoms with E-state index >= 15 is 0 Å².